The first-order chi connectivity index (χ1) is 16.2. The summed E-state index contributed by atoms with van der Waals surface area (Å²) < 4.78 is 10.7. The van der Waals surface area contributed by atoms with E-state index in [4.69, 9.17) is 9.47 Å². The lowest BCUT2D eigenvalue weighted by atomic mass is 10.2. The van der Waals surface area contributed by atoms with E-state index in [1.54, 1.807) is 26.4 Å². The highest BCUT2D eigenvalue weighted by atomic mass is 31.2. The topological polar surface area (TPSA) is 47.6 Å². The van der Waals surface area contributed by atoms with Crippen molar-refractivity contribution in [3.63, 3.8) is 0 Å². The molecular formula is C28H27NO3P+. The summed E-state index contributed by atoms with van der Waals surface area (Å²) in [7, 11) is 0.927. The molecule has 0 spiro atoms. The van der Waals surface area contributed by atoms with Crippen LogP contribution in [0.3, 0.4) is 0 Å². The number of rotatable bonds is 8. The highest BCUT2D eigenvalue weighted by molar-refractivity contribution is 7.96. The zero-order valence-corrected chi connectivity index (χ0v) is 19.7. The van der Waals surface area contributed by atoms with Gasteiger partial charge in [-0.25, -0.2) is 0 Å². The molecule has 0 saturated carbocycles. The Hall–Kier alpha value is -3.62. The standard InChI is InChI=1S/C28H26NO3P/c1-31-26-19-18-22(20-27(26)32-2)29-28(30)21-33(23-12-6-3-7-13-23,24-14-8-4-9-15-24)25-16-10-5-11-17-25/h3-20H,21H2,1-2H3/p+1. The van der Waals surface area contributed by atoms with Gasteiger partial charge in [-0.15, -0.1) is 0 Å². The van der Waals surface area contributed by atoms with Crippen molar-refractivity contribution in [2.24, 2.45) is 0 Å². The number of benzene rings is 4. The van der Waals surface area contributed by atoms with Crippen molar-refractivity contribution < 1.29 is 14.3 Å². The maximum Gasteiger partial charge on any atom is 0.263 e. The first-order valence-corrected chi connectivity index (χ1v) is 12.7. The first-order valence-electron chi connectivity index (χ1n) is 10.7. The van der Waals surface area contributed by atoms with Gasteiger partial charge in [-0.1, -0.05) is 54.6 Å². The maximum atomic E-state index is 13.5. The Kier molecular flexibility index (Phi) is 7.07. The minimum Gasteiger partial charge on any atom is -0.493 e. The van der Waals surface area contributed by atoms with Crippen molar-refractivity contribution in [1.82, 2.24) is 0 Å². The van der Waals surface area contributed by atoms with E-state index >= 15 is 0 Å². The Morgan fingerprint density at radius 1 is 0.667 bits per heavy atom. The molecule has 0 aliphatic rings. The smallest absolute Gasteiger partial charge is 0.263 e. The minimum absolute atomic E-state index is 0.0490. The van der Waals surface area contributed by atoms with Gasteiger partial charge in [-0.3, -0.25) is 4.79 Å². The average molecular weight is 457 g/mol. The van der Waals surface area contributed by atoms with Crippen molar-refractivity contribution in [2.75, 3.05) is 25.7 Å². The molecule has 0 aliphatic heterocycles. The van der Waals surface area contributed by atoms with E-state index in [-0.39, 0.29) is 5.91 Å². The van der Waals surface area contributed by atoms with Crippen LogP contribution in [0.2, 0.25) is 0 Å². The molecule has 0 fully saturated rings. The summed E-state index contributed by atoms with van der Waals surface area (Å²) in [4.78, 5) is 13.5. The van der Waals surface area contributed by atoms with Gasteiger partial charge >= 0.3 is 0 Å². The monoisotopic (exact) mass is 456 g/mol. The lowest BCUT2D eigenvalue weighted by molar-refractivity contribution is -0.113. The molecule has 4 aromatic rings. The zero-order chi connectivity index (χ0) is 23.1. The van der Waals surface area contributed by atoms with Crippen molar-refractivity contribution in [2.45, 2.75) is 0 Å². The van der Waals surface area contributed by atoms with Gasteiger partial charge in [0.25, 0.3) is 5.91 Å². The number of anilines is 1. The predicted octanol–water partition coefficient (Wildman–Crippen LogP) is 4.64. The second-order valence-corrected chi connectivity index (χ2v) is 11.1. The number of methoxy groups -OCH3 is 2. The van der Waals surface area contributed by atoms with Gasteiger partial charge < -0.3 is 14.8 Å². The normalized spacial score (nSPS) is 11.0. The van der Waals surface area contributed by atoms with Crippen molar-refractivity contribution in [3.05, 3.63) is 109 Å². The Morgan fingerprint density at radius 2 is 1.12 bits per heavy atom. The van der Waals surface area contributed by atoms with Crippen molar-refractivity contribution in [3.8, 4) is 11.5 Å². The second kappa shape index (κ2) is 10.3. The van der Waals surface area contributed by atoms with Gasteiger partial charge in [0.2, 0.25) is 0 Å². The van der Waals surface area contributed by atoms with Crippen LogP contribution in [0.15, 0.2) is 109 Å². The zero-order valence-electron chi connectivity index (χ0n) is 18.8. The average Bonchev–Trinajstić information content (AvgIpc) is 2.88. The largest absolute Gasteiger partial charge is 0.493 e. The summed E-state index contributed by atoms with van der Waals surface area (Å²) in [6, 6.07) is 36.5. The molecule has 1 amide bonds. The summed E-state index contributed by atoms with van der Waals surface area (Å²) in [6.45, 7) is 0. The van der Waals surface area contributed by atoms with Crippen LogP contribution in [0, 0.1) is 0 Å². The molecule has 4 rings (SSSR count). The molecule has 0 saturated heterocycles. The fourth-order valence-electron chi connectivity index (χ4n) is 4.10. The summed E-state index contributed by atoms with van der Waals surface area (Å²) in [5.41, 5.74) is 0.671. The molecule has 0 radical (unpaired) electrons. The van der Waals surface area contributed by atoms with Crippen LogP contribution >= 0.6 is 7.26 Å². The Balaban J connectivity index is 1.78. The van der Waals surface area contributed by atoms with E-state index in [0.29, 0.717) is 23.3 Å². The number of ether oxygens (including phenoxy) is 2. The number of hydrogen-bond donors (Lipinski definition) is 1. The van der Waals surface area contributed by atoms with Gasteiger partial charge in [-0.05, 0) is 48.5 Å². The molecule has 0 bridgehead atoms. The number of carbonyl (C=O) groups is 1. The first kappa shape index (κ1) is 22.6. The number of amides is 1. The van der Waals surface area contributed by atoms with Crippen LogP contribution < -0.4 is 30.7 Å². The molecule has 0 aromatic heterocycles. The van der Waals surface area contributed by atoms with Crippen LogP contribution in [0.1, 0.15) is 0 Å². The van der Waals surface area contributed by atoms with E-state index in [2.05, 4.69) is 41.7 Å². The van der Waals surface area contributed by atoms with Gasteiger partial charge in [0, 0.05) is 11.8 Å². The summed E-state index contributed by atoms with van der Waals surface area (Å²) >= 11 is 0. The van der Waals surface area contributed by atoms with E-state index in [9.17, 15) is 4.79 Å². The van der Waals surface area contributed by atoms with Gasteiger partial charge in [-0.2, -0.15) is 0 Å². The van der Waals surface area contributed by atoms with Gasteiger partial charge in [0.1, 0.15) is 23.2 Å². The summed E-state index contributed by atoms with van der Waals surface area (Å²) in [5.74, 6) is 1.15. The van der Waals surface area contributed by atoms with Crippen LogP contribution in [0.5, 0.6) is 11.5 Å². The lowest BCUT2D eigenvalue weighted by Gasteiger charge is -2.27. The predicted molar refractivity (Wildman–Crippen MR) is 138 cm³/mol. The number of hydrogen-bond acceptors (Lipinski definition) is 3. The van der Waals surface area contributed by atoms with Crippen LogP contribution in [0.25, 0.3) is 0 Å². The lowest BCUT2D eigenvalue weighted by Crippen LogP contribution is -2.37. The fraction of sp³-hybridized carbons (Fsp3) is 0.107. The number of carbonyl (C=O) groups excluding carboxylic acids is 1. The van der Waals surface area contributed by atoms with E-state index in [0.717, 1.165) is 0 Å². The fourth-order valence-corrected chi connectivity index (χ4v) is 8.09. The van der Waals surface area contributed by atoms with E-state index < -0.39 is 7.26 Å². The molecular weight excluding hydrogens is 429 g/mol. The quantitative estimate of drug-likeness (QED) is 0.393. The molecule has 4 nitrogen and oxygen atoms in total. The summed E-state index contributed by atoms with van der Waals surface area (Å²) in [6.07, 6.45) is 0.347. The SMILES string of the molecule is COc1ccc(NC(=O)C[P+](c2ccccc2)(c2ccccc2)c2ccccc2)cc1OC. The molecule has 0 unspecified atom stereocenters. The van der Waals surface area contributed by atoms with E-state index in [1.165, 1.54) is 15.9 Å². The van der Waals surface area contributed by atoms with Crippen molar-refractivity contribution >= 4 is 34.8 Å². The molecule has 0 atom stereocenters. The highest BCUT2D eigenvalue weighted by Gasteiger charge is 2.47. The molecule has 1 N–H and O–H groups in total. The minimum atomic E-state index is -2.25. The van der Waals surface area contributed by atoms with Crippen LogP contribution in [-0.4, -0.2) is 26.3 Å². The molecule has 4 aromatic carbocycles. The van der Waals surface area contributed by atoms with Crippen LogP contribution in [-0.2, 0) is 4.79 Å². The van der Waals surface area contributed by atoms with E-state index in [1.807, 2.05) is 60.7 Å². The number of nitrogens with one attached hydrogen (secondary N) is 1. The Labute approximate surface area is 195 Å². The Bertz CT molecular complexity index is 1100. The molecule has 33 heavy (non-hydrogen) atoms. The van der Waals surface area contributed by atoms with Crippen LogP contribution in [0.4, 0.5) is 5.69 Å². The van der Waals surface area contributed by atoms with Crippen molar-refractivity contribution in [1.29, 1.82) is 0 Å². The molecule has 5 heteroatoms. The van der Waals surface area contributed by atoms with Gasteiger partial charge in [0.15, 0.2) is 17.7 Å². The third-order valence-corrected chi connectivity index (χ3v) is 9.94. The summed E-state index contributed by atoms with van der Waals surface area (Å²) in [5, 5.41) is 6.60. The van der Waals surface area contributed by atoms with Gasteiger partial charge in [0.05, 0.1) is 14.2 Å². The second-order valence-electron chi connectivity index (χ2n) is 7.59. The third kappa shape index (κ3) is 4.76. The third-order valence-electron chi connectivity index (χ3n) is 5.64. The Morgan fingerprint density at radius 3 is 1.55 bits per heavy atom. The maximum absolute atomic E-state index is 13.5. The molecule has 0 heterocycles. The molecule has 166 valence electrons. The highest BCUT2D eigenvalue weighted by Crippen LogP contribution is 2.55. The molecule has 0 aliphatic carbocycles.